The van der Waals surface area contributed by atoms with Crippen LogP contribution in [-0.2, 0) is 4.74 Å². The van der Waals surface area contributed by atoms with Crippen LogP contribution in [0.3, 0.4) is 0 Å². The lowest BCUT2D eigenvalue weighted by molar-refractivity contribution is -0.109. The molecule has 1 atom stereocenters. The second kappa shape index (κ2) is 4.89. The van der Waals surface area contributed by atoms with Crippen LogP contribution >= 0.6 is 0 Å². The number of likely N-dealkylation sites (tertiary alicyclic amines) is 1. The number of hydrogen-bond acceptors (Lipinski definition) is 2. The van der Waals surface area contributed by atoms with Crippen LogP contribution in [0.5, 0.6) is 0 Å². The molecular formula is C15H29NO. The number of rotatable bonds is 5. The summed E-state index contributed by atoms with van der Waals surface area (Å²) in [6, 6.07) is 0. The molecule has 1 unspecified atom stereocenters. The zero-order chi connectivity index (χ0) is 12.5. The summed E-state index contributed by atoms with van der Waals surface area (Å²) >= 11 is 0. The highest BCUT2D eigenvalue weighted by Crippen LogP contribution is 2.50. The Kier molecular flexibility index (Phi) is 3.84. The average molecular weight is 239 g/mol. The van der Waals surface area contributed by atoms with E-state index in [4.69, 9.17) is 4.74 Å². The monoisotopic (exact) mass is 239 g/mol. The predicted molar refractivity (Wildman–Crippen MR) is 72.2 cm³/mol. The summed E-state index contributed by atoms with van der Waals surface area (Å²) < 4.78 is 6.22. The smallest absolute Gasteiger partial charge is 0.0624 e. The maximum atomic E-state index is 6.22. The van der Waals surface area contributed by atoms with Crippen molar-refractivity contribution in [1.82, 2.24) is 4.90 Å². The maximum Gasteiger partial charge on any atom is 0.0624 e. The molecule has 1 saturated carbocycles. The summed E-state index contributed by atoms with van der Waals surface area (Å²) in [7, 11) is 2.25. The Morgan fingerprint density at radius 3 is 2.47 bits per heavy atom. The molecule has 0 aromatic carbocycles. The Morgan fingerprint density at radius 1 is 1.35 bits per heavy atom. The van der Waals surface area contributed by atoms with Crippen molar-refractivity contribution < 1.29 is 4.74 Å². The molecular weight excluding hydrogens is 210 g/mol. The van der Waals surface area contributed by atoms with Crippen molar-refractivity contribution in [3.63, 3.8) is 0 Å². The summed E-state index contributed by atoms with van der Waals surface area (Å²) in [6.07, 6.45) is 6.69. The normalized spacial score (nSPS) is 29.3. The molecule has 17 heavy (non-hydrogen) atoms. The molecule has 2 fully saturated rings. The minimum atomic E-state index is 0.0626. The van der Waals surface area contributed by atoms with Gasteiger partial charge in [-0.05, 0) is 64.5 Å². The summed E-state index contributed by atoms with van der Waals surface area (Å²) in [6.45, 7) is 10.2. The Balaban J connectivity index is 1.91. The molecule has 2 nitrogen and oxygen atoms in total. The maximum absolute atomic E-state index is 6.22. The fourth-order valence-electron chi connectivity index (χ4n) is 3.18. The van der Waals surface area contributed by atoms with E-state index in [2.05, 4.69) is 32.7 Å². The van der Waals surface area contributed by atoms with Gasteiger partial charge in [0.15, 0.2) is 0 Å². The molecule has 0 amide bonds. The van der Waals surface area contributed by atoms with Gasteiger partial charge in [0.2, 0.25) is 0 Å². The number of hydrogen-bond donors (Lipinski definition) is 0. The summed E-state index contributed by atoms with van der Waals surface area (Å²) in [5.41, 5.74) is 0.588. The number of ether oxygens (including phenoxy) is 1. The number of nitrogens with zero attached hydrogens (tertiary/aromatic N) is 1. The first-order chi connectivity index (χ1) is 7.97. The Labute approximate surface area is 107 Å². The van der Waals surface area contributed by atoms with E-state index in [1.54, 1.807) is 0 Å². The summed E-state index contributed by atoms with van der Waals surface area (Å²) in [4.78, 5) is 2.48. The lowest BCUT2D eigenvalue weighted by Gasteiger charge is -2.48. The van der Waals surface area contributed by atoms with Crippen LogP contribution in [0, 0.1) is 11.3 Å². The van der Waals surface area contributed by atoms with Gasteiger partial charge in [-0.25, -0.2) is 0 Å². The average Bonchev–Trinajstić information content (AvgIpc) is 2.64. The lowest BCUT2D eigenvalue weighted by atomic mass is 9.61. The van der Waals surface area contributed by atoms with Crippen molar-refractivity contribution in [3.05, 3.63) is 0 Å². The Morgan fingerprint density at radius 2 is 2.06 bits per heavy atom. The largest absolute Gasteiger partial charge is 0.375 e. The van der Waals surface area contributed by atoms with E-state index >= 15 is 0 Å². The first-order valence-electron chi connectivity index (χ1n) is 7.30. The topological polar surface area (TPSA) is 12.5 Å². The first-order valence-corrected chi connectivity index (χ1v) is 7.30. The van der Waals surface area contributed by atoms with E-state index in [1.165, 1.54) is 38.8 Å². The second-order valence-corrected chi connectivity index (χ2v) is 6.87. The molecule has 0 N–H and O–H groups in total. The molecule has 2 aliphatic rings. The zero-order valence-electron chi connectivity index (χ0n) is 12.1. The van der Waals surface area contributed by atoms with Gasteiger partial charge in [-0.1, -0.05) is 13.3 Å². The summed E-state index contributed by atoms with van der Waals surface area (Å²) in [5.74, 6) is 0.883. The van der Waals surface area contributed by atoms with E-state index in [0.29, 0.717) is 5.41 Å². The fourth-order valence-corrected chi connectivity index (χ4v) is 3.18. The van der Waals surface area contributed by atoms with Crippen LogP contribution in [-0.4, -0.2) is 37.2 Å². The molecule has 2 rings (SSSR count). The fraction of sp³-hybridized carbons (Fsp3) is 1.00. The van der Waals surface area contributed by atoms with Crippen molar-refractivity contribution in [2.75, 3.05) is 26.7 Å². The molecule has 0 aromatic heterocycles. The third-order valence-electron chi connectivity index (χ3n) is 5.21. The van der Waals surface area contributed by atoms with E-state index in [0.717, 1.165) is 18.9 Å². The standard InChI is InChI=1S/C15H29NO/c1-5-14(2,3)17-12-15(8-6-9-15)13-7-10-16(4)11-13/h13H,5-12H2,1-4H3. The highest BCUT2D eigenvalue weighted by atomic mass is 16.5. The minimum Gasteiger partial charge on any atom is -0.375 e. The molecule has 1 aliphatic heterocycles. The van der Waals surface area contributed by atoms with Gasteiger partial charge in [-0.15, -0.1) is 0 Å². The Hall–Kier alpha value is -0.0800. The molecule has 100 valence electrons. The molecule has 0 bridgehead atoms. The van der Waals surface area contributed by atoms with Crippen LogP contribution in [0.15, 0.2) is 0 Å². The van der Waals surface area contributed by atoms with Crippen LogP contribution in [0.25, 0.3) is 0 Å². The third-order valence-corrected chi connectivity index (χ3v) is 5.21. The van der Waals surface area contributed by atoms with Gasteiger partial charge in [0.25, 0.3) is 0 Å². The van der Waals surface area contributed by atoms with Crippen LogP contribution in [0.2, 0.25) is 0 Å². The molecule has 1 aliphatic carbocycles. The highest BCUT2D eigenvalue weighted by Gasteiger charge is 2.46. The molecule has 0 radical (unpaired) electrons. The minimum absolute atomic E-state index is 0.0626. The van der Waals surface area contributed by atoms with E-state index in [9.17, 15) is 0 Å². The molecule has 0 aromatic rings. The van der Waals surface area contributed by atoms with Crippen molar-refractivity contribution in [1.29, 1.82) is 0 Å². The SMILES string of the molecule is CCC(C)(C)OCC1(C2CCN(C)C2)CCC1. The van der Waals surface area contributed by atoms with Crippen LogP contribution in [0.4, 0.5) is 0 Å². The van der Waals surface area contributed by atoms with Gasteiger partial charge in [0.1, 0.15) is 0 Å². The van der Waals surface area contributed by atoms with Crippen molar-refractivity contribution >= 4 is 0 Å². The van der Waals surface area contributed by atoms with Gasteiger partial charge in [0, 0.05) is 6.54 Å². The zero-order valence-corrected chi connectivity index (χ0v) is 12.1. The Bertz CT molecular complexity index is 258. The quantitative estimate of drug-likeness (QED) is 0.730. The molecule has 1 heterocycles. The highest BCUT2D eigenvalue weighted by molar-refractivity contribution is 4.97. The van der Waals surface area contributed by atoms with Crippen LogP contribution in [0.1, 0.15) is 52.9 Å². The molecule has 1 saturated heterocycles. The van der Waals surface area contributed by atoms with Gasteiger partial charge >= 0.3 is 0 Å². The van der Waals surface area contributed by atoms with Crippen molar-refractivity contribution in [2.24, 2.45) is 11.3 Å². The van der Waals surface area contributed by atoms with Gasteiger partial charge in [-0.2, -0.15) is 0 Å². The second-order valence-electron chi connectivity index (χ2n) is 6.87. The van der Waals surface area contributed by atoms with E-state index < -0.39 is 0 Å². The van der Waals surface area contributed by atoms with Crippen LogP contribution < -0.4 is 0 Å². The van der Waals surface area contributed by atoms with E-state index in [-0.39, 0.29) is 5.60 Å². The molecule has 0 spiro atoms. The summed E-state index contributed by atoms with van der Waals surface area (Å²) in [5, 5.41) is 0. The van der Waals surface area contributed by atoms with E-state index in [1.807, 2.05) is 0 Å². The van der Waals surface area contributed by atoms with Gasteiger partial charge in [-0.3, -0.25) is 0 Å². The van der Waals surface area contributed by atoms with Gasteiger partial charge in [0.05, 0.1) is 12.2 Å². The first kappa shape index (κ1) is 13.4. The van der Waals surface area contributed by atoms with Gasteiger partial charge < -0.3 is 9.64 Å². The van der Waals surface area contributed by atoms with Crippen molar-refractivity contribution in [3.8, 4) is 0 Å². The third kappa shape index (κ3) is 2.85. The predicted octanol–water partition coefficient (Wildman–Crippen LogP) is 3.31. The molecule has 2 heteroatoms. The van der Waals surface area contributed by atoms with Crippen molar-refractivity contribution in [2.45, 2.75) is 58.5 Å². The lowest BCUT2D eigenvalue weighted by Crippen LogP contribution is -2.44.